The number of piperidine rings is 1. The minimum atomic E-state index is -0.00130. The van der Waals surface area contributed by atoms with E-state index in [1.807, 2.05) is 0 Å². The van der Waals surface area contributed by atoms with E-state index in [-0.39, 0.29) is 12.0 Å². The first-order valence-electron chi connectivity index (χ1n) is 9.71. The Kier molecular flexibility index (Phi) is 6.13. The molecular formula is C21H33NO. The molecule has 2 aliphatic rings. The van der Waals surface area contributed by atoms with Crippen molar-refractivity contribution in [2.75, 3.05) is 26.2 Å². The Morgan fingerprint density at radius 3 is 2.13 bits per heavy atom. The van der Waals surface area contributed by atoms with Gasteiger partial charge in [0, 0.05) is 12.0 Å². The van der Waals surface area contributed by atoms with E-state index in [9.17, 15) is 5.11 Å². The van der Waals surface area contributed by atoms with Crippen LogP contribution in [0.4, 0.5) is 0 Å². The second-order valence-corrected chi connectivity index (χ2v) is 7.82. The Morgan fingerprint density at radius 2 is 1.52 bits per heavy atom. The Bertz CT molecular complexity index is 442. The van der Waals surface area contributed by atoms with Crippen LogP contribution in [0.2, 0.25) is 0 Å². The fourth-order valence-electron chi connectivity index (χ4n) is 4.58. The molecule has 0 unspecified atom stereocenters. The van der Waals surface area contributed by atoms with Gasteiger partial charge in [-0.15, -0.1) is 0 Å². The van der Waals surface area contributed by atoms with Gasteiger partial charge in [0.25, 0.3) is 0 Å². The van der Waals surface area contributed by atoms with Crippen molar-refractivity contribution in [1.82, 2.24) is 4.90 Å². The smallest absolute Gasteiger partial charge is 0.0528 e. The van der Waals surface area contributed by atoms with E-state index in [0.29, 0.717) is 0 Å². The summed E-state index contributed by atoms with van der Waals surface area (Å²) in [5.74, 6) is 0.911. The highest BCUT2D eigenvalue weighted by atomic mass is 16.3. The van der Waals surface area contributed by atoms with Gasteiger partial charge in [-0.1, -0.05) is 62.4 Å². The van der Waals surface area contributed by atoms with Crippen LogP contribution in [-0.4, -0.2) is 36.2 Å². The fraction of sp³-hybridized carbons (Fsp3) is 0.714. The van der Waals surface area contributed by atoms with Gasteiger partial charge in [-0.25, -0.2) is 0 Å². The molecule has 23 heavy (non-hydrogen) atoms. The molecule has 3 rings (SSSR count). The lowest BCUT2D eigenvalue weighted by molar-refractivity contribution is 0.0884. The lowest BCUT2D eigenvalue weighted by Crippen LogP contribution is -2.46. The van der Waals surface area contributed by atoms with Gasteiger partial charge in [-0.05, 0) is 50.3 Å². The molecule has 0 aromatic heterocycles. The molecule has 0 bridgehead atoms. The minimum absolute atomic E-state index is 0.00130. The summed E-state index contributed by atoms with van der Waals surface area (Å²) in [4.78, 5) is 2.67. The van der Waals surface area contributed by atoms with Crippen molar-refractivity contribution in [3.63, 3.8) is 0 Å². The highest BCUT2D eigenvalue weighted by Gasteiger charge is 2.35. The summed E-state index contributed by atoms with van der Waals surface area (Å²) in [5.41, 5.74) is 1.33. The van der Waals surface area contributed by atoms with Gasteiger partial charge >= 0.3 is 0 Å². The number of hydrogen-bond acceptors (Lipinski definition) is 2. The average molecular weight is 316 g/mol. The summed E-state index contributed by atoms with van der Waals surface area (Å²) in [5, 5.41) is 10.1. The molecule has 1 aromatic carbocycles. The van der Waals surface area contributed by atoms with E-state index in [4.69, 9.17) is 0 Å². The summed E-state index contributed by atoms with van der Waals surface area (Å²) < 4.78 is 0. The molecule has 128 valence electrons. The monoisotopic (exact) mass is 315 g/mol. The van der Waals surface area contributed by atoms with Crippen LogP contribution in [-0.2, 0) is 5.41 Å². The van der Waals surface area contributed by atoms with Crippen LogP contribution in [0.15, 0.2) is 30.3 Å². The Balaban J connectivity index is 1.54. The van der Waals surface area contributed by atoms with Crippen LogP contribution >= 0.6 is 0 Å². The largest absolute Gasteiger partial charge is 0.395 e. The molecule has 0 amide bonds. The van der Waals surface area contributed by atoms with E-state index in [0.717, 1.165) is 31.8 Å². The van der Waals surface area contributed by atoms with E-state index in [1.165, 1.54) is 57.1 Å². The van der Waals surface area contributed by atoms with Crippen molar-refractivity contribution in [1.29, 1.82) is 0 Å². The first-order valence-corrected chi connectivity index (χ1v) is 9.71. The average Bonchev–Trinajstić information content (AvgIpc) is 2.59. The van der Waals surface area contributed by atoms with E-state index >= 15 is 0 Å². The lowest BCUT2D eigenvalue weighted by atomic mass is 9.73. The number of hydrogen-bond donors (Lipinski definition) is 1. The number of nitrogens with zero attached hydrogens (tertiary/aromatic N) is 1. The summed E-state index contributed by atoms with van der Waals surface area (Å²) >= 11 is 0. The van der Waals surface area contributed by atoms with E-state index in [2.05, 4.69) is 35.2 Å². The van der Waals surface area contributed by atoms with Crippen LogP contribution in [0.5, 0.6) is 0 Å². The van der Waals surface area contributed by atoms with Gasteiger partial charge in [-0.3, -0.25) is 0 Å². The molecule has 1 saturated heterocycles. The second kappa shape index (κ2) is 8.30. The van der Waals surface area contributed by atoms with E-state index in [1.54, 1.807) is 0 Å². The van der Waals surface area contributed by atoms with Gasteiger partial charge in [0.1, 0.15) is 0 Å². The molecule has 1 aliphatic carbocycles. The molecule has 2 nitrogen and oxygen atoms in total. The number of likely N-dealkylation sites (tertiary alicyclic amines) is 1. The second-order valence-electron chi connectivity index (χ2n) is 7.82. The van der Waals surface area contributed by atoms with Crippen LogP contribution in [0.25, 0.3) is 0 Å². The molecule has 1 aromatic rings. The molecule has 1 saturated carbocycles. The van der Waals surface area contributed by atoms with Crippen LogP contribution in [0, 0.1) is 5.92 Å². The van der Waals surface area contributed by atoms with Gasteiger partial charge in [0.05, 0.1) is 6.61 Å². The number of aliphatic hydroxyl groups excluding tert-OH is 1. The summed E-state index contributed by atoms with van der Waals surface area (Å²) in [7, 11) is 0. The summed E-state index contributed by atoms with van der Waals surface area (Å²) in [6.45, 7) is 3.86. The van der Waals surface area contributed by atoms with Crippen molar-refractivity contribution >= 4 is 0 Å². The molecule has 2 fully saturated rings. The molecule has 1 heterocycles. The van der Waals surface area contributed by atoms with E-state index < -0.39 is 0 Å². The van der Waals surface area contributed by atoms with Crippen molar-refractivity contribution in [3.8, 4) is 0 Å². The third kappa shape index (κ3) is 4.36. The lowest BCUT2D eigenvalue weighted by Gasteiger charge is -2.42. The zero-order chi connectivity index (χ0) is 16.0. The standard InChI is InChI=1S/C21H33NO/c23-18-21(20-11-7-4-8-12-20)13-15-22(16-14-21)17-19-9-5-2-1-3-6-10-19/h4,7-8,11-12,19,23H,1-3,5-6,9-10,13-18H2. The Morgan fingerprint density at radius 1 is 0.913 bits per heavy atom. The number of aliphatic hydroxyl groups is 1. The fourth-order valence-corrected chi connectivity index (χ4v) is 4.58. The molecule has 1 aliphatic heterocycles. The predicted molar refractivity (Wildman–Crippen MR) is 96.7 cm³/mol. The quantitative estimate of drug-likeness (QED) is 0.891. The molecule has 2 heteroatoms. The molecular weight excluding hydrogens is 282 g/mol. The third-order valence-corrected chi connectivity index (χ3v) is 6.24. The van der Waals surface area contributed by atoms with Crippen molar-refractivity contribution in [2.24, 2.45) is 5.92 Å². The maximum atomic E-state index is 10.1. The van der Waals surface area contributed by atoms with Gasteiger partial charge in [0.2, 0.25) is 0 Å². The Labute approximate surface area is 141 Å². The van der Waals surface area contributed by atoms with Crippen LogP contribution in [0.3, 0.4) is 0 Å². The zero-order valence-corrected chi connectivity index (χ0v) is 14.6. The third-order valence-electron chi connectivity index (χ3n) is 6.24. The predicted octanol–water partition coefficient (Wildman–Crippen LogP) is 4.37. The highest BCUT2D eigenvalue weighted by Crippen LogP contribution is 2.35. The van der Waals surface area contributed by atoms with Crippen molar-refractivity contribution in [3.05, 3.63) is 35.9 Å². The Hall–Kier alpha value is -0.860. The van der Waals surface area contributed by atoms with Gasteiger partial charge < -0.3 is 10.0 Å². The number of rotatable bonds is 4. The molecule has 0 radical (unpaired) electrons. The summed E-state index contributed by atoms with van der Waals surface area (Å²) in [6.07, 6.45) is 12.3. The SMILES string of the molecule is OCC1(c2ccccc2)CCN(CC2CCCCCCC2)CC1. The molecule has 1 N–H and O–H groups in total. The highest BCUT2D eigenvalue weighted by molar-refractivity contribution is 5.26. The summed E-state index contributed by atoms with van der Waals surface area (Å²) in [6, 6.07) is 10.7. The first-order chi connectivity index (χ1) is 11.3. The molecule has 0 atom stereocenters. The van der Waals surface area contributed by atoms with Crippen LogP contribution < -0.4 is 0 Å². The topological polar surface area (TPSA) is 23.5 Å². The number of benzene rings is 1. The van der Waals surface area contributed by atoms with Crippen molar-refractivity contribution < 1.29 is 5.11 Å². The maximum absolute atomic E-state index is 10.1. The van der Waals surface area contributed by atoms with Gasteiger partial charge in [0.15, 0.2) is 0 Å². The van der Waals surface area contributed by atoms with Gasteiger partial charge in [-0.2, -0.15) is 0 Å². The minimum Gasteiger partial charge on any atom is -0.395 e. The molecule has 0 spiro atoms. The maximum Gasteiger partial charge on any atom is 0.0528 e. The normalized spacial score (nSPS) is 24.0. The van der Waals surface area contributed by atoms with Crippen LogP contribution in [0.1, 0.15) is 63.4 Å². The zero-order valence-electron chi connectivity index (χ0n) is 14.6. The first kappa shape index (κ1) is 17.0. The van der Waals surface area contributed by atoms with Crippen molar-refractivity contribution in [2.45, 2.75) is 63.2 Å².